The van der Waals surface area contributed by atoms with E-state index in [4.69, 9.17) is 9.96 Å². The van der Waals surface area contributed by atoms with Gasteiger partial charge in [-0.3, -0.25) is 21.4 Å². The van der Waals surface area contributed by atoms with Crippen LogP contribution in [0.5, 0.6) is 0 Å². The molecule has 8 N–H and O–H groups in total. The monoisotopic (exact) mass is 216 g/mol. The molecule has 0 heterocycles. The summed E-state index contributed by atoms with van der Waals surface area (Å²) in [4.78, 5) is 0. The van der Waals surface area contributed by atoms with E-state index in [1.54, 1.807) is 0 Å². The fourth-order valence-corrected chi connectivity index (χ4v) is 0. The van der Waals surface area contributed by atoms with Crippen LogP contribution in [-0.2, 0) is 21.4 Å². The van der Waals surface area contributed by atoms with Crippen molar-refractivity contribution in [3.63, 3.8) is 0 Å². The maximum Gasteiger partial charge on any atom is 0.243 e. The Hall–Kier alpha value is -0.810. The van der Waals surface area contributed by atoms with Crippen LogP contribution in [0.25, 0.3) is 0 Å². The van der Waals surface area contributed by atoms with Crippen LogP contribution in [0.4, 0.5) is 0 Å². The van der Waals surface area contributed by atoms with Gasteiger partial charge in [0.1, 0.15) is 0 Å². The van der Waals surface area contributed by atoms with E-state index in [1.165, 1.54) is 0 Å². The lowest BCUT2D eigenvalue weighted by molar-refractivity contribution is 0.576. The summed E-state index contributed by atoms with van der Waals surface area (Å²) < 4.78 is 36.0. The third-order valence-corrected chi connectivity index (χ3v) is 1.14. The summed E-state index contributed by atoms with van der Waals surface area (Å²) in [6, 6.07) is 0. The molecule has 1 atom stereocenters. The van der Waals surface area contributed by atoms with Gasteiger partial charge in [-0.1, -0.05) is 0 Å². The van der Waals surface area contributed by atoms with Gasteiger partial charge in [-0.15, -0.1) is 0 Å². The van der Waals surface area contributed by atoms with Gasteiger partial charge in [0.25, 0.3) is 0 Å². The first-order valence-electron chi connectivity index (χ1n) is 2.21. The van der Waals surface area contributed by atoms with Crippen LogP contribution in [0.1, 0.15) is 0 Å². The van der Waals surface area contributed by atoms with Crippen molar-refractivity contribution in [2.45, 2.75) is 0 Å². The minimum atomic E-state index is -2.40. The average Bonchev–Trinajstić information content (AvgIpc) is 1.88. The third kappa shape index (κ3) is 11.9. The van der Waals surface area contributed by atoms with Gasteiger partial charge in [-0.05, 0) is 0 Å². The lowest BCUT2D eigenvalue weighted by Gasteiger charge is -1.79. The summed E-state index contributed by atoms with van der Waals surface area (Å²) in [5, 5.41) is 4.89. The Morgan fingerprint density at radius 2 is 1.33 bits per heavy atom. The first kappa shape index (κ1) is 13.8. The predicted octanol–water partition coefficient (Wildman–Crippen LogP) is -3.03. The average molecular weight is 216 g/mol. The maximum atomic E-state index is 9.46. The highest BCUT2D eigenvalue weighted by Gasteiger charge is 1.90. The number of hydrogen-bond donors (Lipinski definition) is 5. The highest BCUT2D eigenvalue weighted by Crippen LogP contribution is 1.62. The van der Waals surface area contributed by atoms with Crippen molar-refractivity contribution in [1.82, 2.24) is 0 Å². The molecule has 0 radical (unpaired) electrons. The van der Waals surface area contributed by atoms with Gasteiger partial charge in [0.15, 0.2) is 5.11 Å². The molecule has 0 aliphatic carbocycles. The van der Waals surface area contributed by atoms with Crippen LogP contribution in [0, 0.1) is 5.41 Å². The van der Waals surface area contributed by atoms with E-state index in [9.17, 15) is 12.6 Å². The molecule has 8 nitrogen and oxygen atoms in total. The fraction of sp³-hybridized carbons (Fsp3) is 0. The zero-order chi connectivity index (χ0) is 10.3. The first-order valence-corrected chi connectivity index (χ1v) is 4.39. The van der Waals surface area contributed by atoms with Crippen LogP contribution < -0.4 is 17.2 Å². The van der Waals surface area contributed by atoms with Gasteiger partial charge in [0, 0.05) is 0 Å². The minimum Gasteiger partial charge on any atom is -0.375 e. The van der Waals surface area contributed by atoms with Crippen molar-refractivity contribution >= 4 is 31.7 Å². The van der Waals surface area contributed by atoms with E-state index in [2.05, 4.69) is 17.2 Å². The molecule has 0 aliphatic rings. The third-order valence-electron chi connectivity index (χ3n) is 0.381. The van der Waals surface area contributed by atoms with E-state index in [0.717, 1.165) is 0 Å². The summed E-state index contributed by atoms with van der Waals surface area (Å²) in [5.41, 5.74) is 13.5. The lowest BCUT2D eigenvalue weighted by Crippen LogP contribution is -2.23. The molecule has 1 unspecified atom stereocenters. The van der Waals surface area contributed by atoms with Gasteiger partial charge < -0.3 is 5.73 Å². The van der Waals surface area contributed by atoms with Crippen molar-refractivity contribution in [2.24, 2.45) is 17.2 Å². The first-order chi connectivity index (χ1) is 5.29. The van der Waals surface area contributed by atoms with Gasteiger partial charge in [-0.2, -0.15) is 8.42 Å². The summed E-state index contributed by atoms with van der Waals surface area (Å²) in [7, 11) is -2.40. The molecule has 0 rings (SSSR count). The number of nitrogens with one attached hydrogen (secondary N) is 1. The number of amidine groups is 1. The quantitative estimate of drug-likeness (QED) is 0.124. The van der Waals surface area contributed by atoms with E-state index >= 15 is 0 Å². The molecule has 0 saturated carbocycles. The van der Waals surface area contributed by atoms with Gasteiger partial charge in [0.2, 0.25) is 26.5 Å². The largest absolute Gasteiger partial charge is 0.375 e. The Kier molecular flexibility index (Phi) is 7.88. The maximum absolute atomic E-state index is 9.46. The second kappa shape index (κ2) is 6.87. The molecular weight excluding hydrogens is 208 g/mol. The Labute approximate surface area is 72.1 Å². The van der Waals surface area contributed by atoms with E-state index in [-0.39, 0.29) is 0 Å². The molecular formula is C2H8N4O4S2. The molecule has 0 aromatic carbocycles. The smallest absolute Gasteiger partial charge is 0.243 e. The zero-order valence-electron chi connectivity index (χ0n) is 5.72. The number of rotatable bonds is 0. The highest BCUT2D eigenvalue weighted by molar-refractivity contribution is 7.95. The normalized spacial score (nSPS) is 10.6. The van der Waals surface area contributed by atoms with E-state index in [1.807, 2.05) is 0 Å². The molecule has 0 aliphatic heterocycles. The van der Waals surface area contributed by atoms with Crippen molar-refractivity contribution in [3.05, 3.63) is 0 Å². The Bertz CT molecular complexity index is 281. The predicted molar refractivity (Wildman–Crippen MR) is 45.0 cm³/mol. The minimum absolute atomic E-state index is 0.574. The van der Waals surface area contributed by atoms with Crippen molar-refractivity contribution in [1.29, 1.82) is 5.41 Å². The standard InChI is InChI=1S/2CH4N2O2S/c2*2-1(3)6(4)5/h(H3,2,3)(H,4,5);2-3H2. The summed E-state index contributed by atoms with van der Waals surface area (Å²) in [6.07, 6.45) is 0. The second-order valence-electron chi connectivity index (χ2n) is 1.25. The molecule has 0 saturated heterocycles. The number of hydrogen-bond acceptors (Lipinski definition) is 4. The van der Waals surface area contributed by atoms with Gasteiger partial charge >= 0.3 is 0 Å². The van der Waals surface area contributed by atoms with Gasteiger partial charge in [0.05, 0.1) is 0 Å². The number of nitrogens with two attached hydrogens (primary N) is 3. The topological polar surface area (TPSA) is 173 Å². The Balaban J connectivity index is 0. The molecule has 0 spiro atoms. The molecule has 0 amide bonds. The summed E-state index contributed by atoms with van der Waals surface area (Å²) in [6.45, 7) is 0. The van der Waals surface area contributed by atoms with E-state index in [0.29, 0.717) is 0 Å². The summed E-state index contributed by atoms with van der Waals surface area (Å²) in [5.74, 6) is 0. The highest BCUT2D eigenvalue weighted by atomic mass is 32.2. The molecule has 12 heavy (non-hydrogen) atoms. The van der Waals surface area contributed by atoms with E-state index < -0.39 is 31.7 Å². The van der Waals surface area contributed by atoms with Crippen LogP contribution in [0.2, 0.25) is 0 Å². The Morgan fingerprint density at radius 3 is 1.33 bits per heavy atom. The lowest BCUT2D eigenvalue weighted by atomic mass is 11.3. The molecule has 10 heteroatoms. The molecule has 0 fully saturated rings. The fourth-order valence-electron chi connectivity index (χ4n) is 0. The molecule has 72 valence electrons. The van der Waals surface area contributed by atoms with Crippen LogP contribution in [0.3, 0.4) is 0 Å². The Morgan fingerprint density at radius 1 is 1.17 bits per heavy atom. The molecule has 0 bridgehead atoms. The van der Waals surface area contributed by atoms with Crippen LogP contribution in [0.15, 0.2) is 0 Å². The van der Waals surface area contributed by atoms with Crippen molar-refractivity contribution < 1.29 is 17.2 Å². The molecule has 0 aromatic heterocycles. The SMILES string of the molecule is N=C(N)S(=O)O.NC(N)=S(=O)=O. The summed E-state index contributed by atoms with van der Waals surface area (Å²) >= 11 is -2.26. The molecule has 0 aromatic rings. The zero-order valence-corrected chi connectivity index (χ0v) is 7.35. The van der Waals surface area contributed by atoms with Crippen molar-refractivity contribution in [2.75, 3.05) is 0 Å². The second-order valence-corrected chi connectivity index (χ2v) is 3.13. The van der Waals surface area contributed by atoms with Gasteiger partial charge in [-0.25, -0.2) is 4.21 Å². The van der Waals surface area contributed by atoms with Crippen LogP contribution >= 0.6 is 0 Å². The van der Waals surface area contributed by atoms with Crippen LogP contribution in [-0.4, -0.2) is 27.5 Å². The van der Waals surface area contributed by atoms with Crippen molar-refractivity contribution in [3.8, 4) is 0 Å².